The van der Waals surface area contributed by atoms with Crippen LogP contribution in [0.1, 0.15) is 48.2 Å². The van der Waals surface area contributed by atoms with E-state index in [1.54, 1.807) is 0 Å². The molecule has 0 aromatic heterocycles. The molecule has 0 spiro atoms. The van der Waals surface area contributed by atoms with E-state index in [2.05, 4.69) is 0 Å². The van der Waals surface area contributed by atoms with Gasteiger partial charge >= 0.3 is 12.1 Å². The Morgan fingerprint density at radius 2 is 1.71 bits per heavy atom. The van der Waals surface area contributed by atoms with Crippen LogP contribution in [0.2, 0.25) is 0 Å². The van der Waals surface area contributed by atoms with E-state index in [0.29, 0.717) is 24.3 Å². The lowest BCUT2D eigenvalue weighted by molar-refractivity contribution is -0.137. The molecule has 6 heteroatoms. The highest BCUT2D eigenvalue weighted by Crippen LogP contribution is 2.35. The predicted octanol–water partition coefficient (Wildman–Crippen LogP) is 4.34. The molecule has 1 N–H and O–H groups in total. The number of anilines is 1. The maximum Gasteiger partial charge on any atom is 0.416 e. The zero-order valence-corrected chi connectivity index (χ0v) is 12.4. The van der Waals surface area contributed by atoms with Crippen molar-refractivity contribution in [2.75, 3.05) is 18.0 Å². The van der Waals surface area contributed by atoms with Gasteiger partial charge in [-0.3, -0.25) is 0 Å². The highest BCUT2D eigenvalue weighted by atomic mass is 19.4. The molecule has 0 atom stereocenters. The van der Waals surface area contributed by atoms with Crippen molar-refractivity contribution in [3.63, 3.8) is 0 Å². The van der Waals surface area contributed by atoms with Gasteiger partial charge in [0.25, 0.3) is 0 Å². The van der Waals surface area contributed by atoms with Crippen molar-refractivity contribution in [3.8, 4) is 0 Å². The normalized spacial score (nSPS) is 11.5. The number of hydrogen-bond donors (Lipinski definition) is 1. The second kappa shape index (κ2) is 6.83. The number of carboxylic acids is 1. The van der Waals surface area contributed by atoms with E-state index in [0.717, 1.165) is 25.0 Å². The molecule has 0 aliphatic heterocycles. The van der Waals surface area contributed by atoms with Crippen molar-refractivity contribution in [1.29, 1.82) is 0 Å². The smallest absolute Gasteiger partial charge is 0.416 e. The molecular formula is C15H20F3NO2. The Morgan fingerprint density at radius 3 is 2.10 bits per heavy atom. The van der Waals surface area contributed by atoms with E-state index >= 15 is 0 Å². The summed E-state index contributed by atoms with van der Waals surface area (Å²) in [5.41, 5.74) is -0.485. The molecule has 0 saturated heterocycles. The van der Waals surface area contributed by atoms with Crippen molar-refractivity contribution < 1.29 is 23.1 Å². The van der Waals surface area contributed by atoms with Crippen molar-refractivity contribution >= 4 is 11.7 Å². The van der Waals surface area contributed by atoms with Crippen LogP contribution in [0.3, 0.4) is 0 Å². The highest BCUT2D eigenvalue weighted by Gasteiger charge is 2.33. The van der Waals surface area contributed by atoms with Crippen molar-refractivity contribution in [2.24, 2.45) is 0 Å². The van der Waals surface area contributed by atoms with E-state index in [-0.39, 0.29) is 5.56 Å². The quantitative estimate of drug-likeness (QED) is 0.850. The largest absolute Gasteiger partial charge is 0.478 e. The van der Waals surface area contributed by atoms with Crippen molar-refractivity contribution in [2.45, 2.75) is 39.8 Å². The molecule has 0 aliphatic rings. The SMILES string of the molecule is CCCN(CCC)c1c(C)cc(C(F)(F)F)cc1C(=O)O. The third-order valence-electron chi connectivity index (χ3n) is 3.16. The fourth-order valence-corrected chi connectivity index (χ4v) is 2.40. The van der Waals surface area contributed by atoms with E-state index in [1.165, 1.54) is 6.92 Å². The van der Waals surface area contributed by atoms with Crippen LogP contribution < -0.4 is 4.90 Å². The Hall–Kier alpha value is -1.72. The standard InChI is InChI=1S/C15H20F3NO2/c1-4-6-19(7-5-2)13-10(3)8-11(15(16,17)18)9-12(13)14(20)21/h8-9H,4-7H2,1-3H3,(H,20,21). The molecular weight excluding hydrogens is 283 g/mol. The Labute approximate surface area is 122 Å². The van der Waals surface area contributed by atoms with Crippen LogP contribution in [0.5, 0.6) is 0 Å². The van der Waals surface area contributed by atoms with E-state index in [9.17, 15) is 23.1 Å². The van der Waals surface area contributed by atoms with Crippen LogP contribution in [-0.2, 0) is 6.18 Å². The first-order valence-corrected chi connectivity index (χ1v) is 6.92. The summed E-state index contributed by atoms with van der Waals surface area (Å²) in [6.07, 6.45) is -2.97. The molecule has 0 aliphatic carbocycles. The number of aromatic carboxylic acids is 1. The number of benzene rings is 1. The summed E-state index contributed by atoms with van der Waals surface area (Å²) in [5.74, 6) is -1.34. The molecule has 118 valence electrons. The molecule has 21 heavy (non-hydrogen) atoms. The molecule has 0 fully saturated rings. The predicted molar refractivity (Wildman–Crippen MR) is 75.9 cm³/mol. The third-order valence-corrected chi connectivity index (χ3v) is 3.16. The van der Waals surface area contributed by atoms with Gasteiger partial charge in [0, 0.05) is 13.1 Å². The van der Waals surface area contributed by atoms with Crippen molar-refractivity contribution in [1.82, 2.24) is 0 Å². The van der Waals surface area contributed by atoms with Crippen LogP contribution >= 0.6 is 0 Å². The third kappa shape index (κ3) is 4.12. The first kappa shape index (κ1) is 17.3. The van der Waals surface area contributed by atoms with Gasteiger partial charge in [-0.2, -0.15) is 13.2 Å². The average molecular weight is 303 g/mol. The Bertz CT molecular complexity index is 506. The number of carbonyl (C=O) groups is 1. The Morgan fingerprint density at radius 1 is 1.19 bits per heavy atom. The van der Waals surface area contributed by atoms with E-state index < -0.39 is 17.7 Å². The summed E-state index contributed by atoms with van der Waals surface area (Å²) < 4.78 is 38.5. The summed E-state index contributed by atoms with van der Waals surface area (Å²) >= 11 is 0. The number of carboxylic acid groups (broad SMARTS) is 1. The first-order chi connectivity index (χ1) is 9.72. The van der Waals surface area contributed by atoms with Crippen molar-refractivity contribution in [3.05, 3.63) is 28.8 Å². The first-order valence-electron chi connectivity index (χ1n) is 6.92. The topological polar surface area (TPSA) is 40.5 Å². The van der Waals surface area contributed by atoms with Gasteiger partial charge in [-0.05, 0) is 37.5 Å². The number of aryl methyl sites for hydroxylation is 1. The molecule has 3 nitrogen and oxygen atoms in total. The number of alkyl halides is 3. The minimum Gasteiger partial charge on any atom is -0.478 e. The molecule has 1 rings (SSSR count). The zero-order chi connectivity index (χ0) is 16.2. The molecule has 0 saturated carbocycles. The lowest BCUT2D eigenvalue weighted by Crippen LogP contribution is -2.28. The second-order valence-electron chi connectivity index (χ2n) is 4.98. The molecule has 0 radical (unpaired) electrons. The lowest BCUT2D eigenvalue weighted by atomic mass is 10.0. The van der Waals surface area contributed by atoms with E-state index in [4.69, 9.17) is 0 Å². The fraction of sp³-hybridized carbons (Fsp3) is 0.533. The van der Waals surface area contributed by atoms with Crippen LogP contribution in [0, 0.1) is 6.92 Å². The molecule has 0 amide bonds. The summed E-state index contributed by atoms with van der Waals surface area (Å²) in [6.45, 7) is 6.64. The molecule has 0 bridgehead atoms. The number of nitrogens with zero attached hydrogens (tertiary/aromatic N) is 1. The maximum absolute atomic E-state index is 12.8. The van der Waals surface area contributed by atoms with Crippen LogP contribution in [-0.4, -0.2) is 24.2 Å². The maximum atomic E-state index is 12.8. The van der Waals surface area contributed by atoms with Gasteiger partial charge in [0.05, 0.1) is 16.8 Å². The zero-order valence-electron chi connectivity index (χ0n) is 12.4. The van der Waals surface area contributed by atoms with Crippen LogP contribution in [0.4, 0.5) is 18.9 Å². The summed E-state index contributed by atoms with van der Waals surface area (Å²) in [7, 11) is 0. The van der Waals surface area contributed by atoms with Gasteiger partial charge in [-0.1, -0.05) is 13.8 Å². The minimum absolute atomic E-state index is 0.288. The minimum atomic E-state index is -4.55. The van der Waals surface area contributed by atoms with Gasteiger partial charge in [-0.25, -0.2) is 4.79 Å². The van der Waals surface area contributed by atoms with Crippen LogP contribution in [0.15, 0.2) is 12.1 Å². The highest BCUT2D eigenvalue weighted by molar-refractivity contribution is 5.95. The van der Waals surface area contributed by atoms with Gasteiger partial charge in [0.15, 0.2) is 0 Å². The Balaban J connectivity index is 3.46. The van der Waals surface area contributed by atoms with Gasteiger partial charge < -0.3 is 10.0 Å². The van der Waals surface area contributed by atoms with Crippen LogP contribution in [0.25, 0.3) is 0 Å². The number of rotatable bonds is 6. The second-order valence-corrected chi connectivity index (χ2v) is 4.98. The molecule has 1 aromatic rings. The monoisotopic (exact) mass is 303 g/mol. The fourth-order valence-electron chi connectivity index (χ4n) is 2.40. The summed E-state index contributed by atoms with van der Waals surface area (Å²) in [4.78, 5) is 13.2. The lowest BCUT2D eigenvalue weighted by Gasteiger charge is -2.28. The van der Waals surface area contributed by atoms with Gasteiger partial charge in [0.1, 0.15) is 0 Å². The Kier molecular flexibility index (Phi) is 5.63. The van der Waals surface area contributed by atoms with Gasteiger partial charge in [0.2, 0.25) is 0 Å². The average Bonchev–Trinajstić information content (AvgIpc) is 2.36. The number of halogens is 3. The number of hydrogen-bond acceptors (Lipinski definition) is 2. The molecule has 0 heterocycles. The van der Waals surface area contributed by atoms with Gasteiger partial charge in [-0.15, -0.1) is 0 Å². The summed E-state index contributed by atoms with van der Waals surface area (Å²) in [6, 6.07) is 1.74. The summed E-state index contributed by atoms with van der Waals surface area (Å²) in [5, 5.41) is 9.27. The molecule has 1 aromatic carbocycles. The molecule has 0 unspecified atom stereocenters. The van der Waals surface area contributed by atoms with E-state index in [1.807, 2.05) is 18.7 Å².